The maximum Gasteiger partial charge on any atom is 0.411 e. The summed E-state index contributed by atoms with van der Waals surface area (Å²) in [6.45, 7) is 9.87. The second-order valence-corrected chi connectivity index (χ2v) is 12.5. The number of Topliss-reactive ketones (excluding diaryl/α,β-unsaturated/α-hetero) is 1. The zero-order valence-corrected chi connectivity index (χ0v) is 27.9. The molecule has 3 aromatic carbocycles. The van der Waals surface area contributed by atoms with Gasteiger partial charge in [0.05, 0.1) is 5.69 Å². The minimum Gasteiger partial charge on any atom is -0.446 e. The highest BCUT2D eigenvalue weighted by Gasteiger charge is 2.23. The van der Waals surface area contributed by atoms with Crippen molar-refractivity contribution in [1.82, 2.24) is 14.7 Å². The molecule has 0 unspecified atom stereocenters. The molecular formula is C38H50N4O4. The summed E-state index contributed by atoms with van der Waals surface area (Å²) in [5.41, 5.74) is 4.79. The minimum atomic E-state index is -0.364. The number of carbonyl (C=O) groups is 3. The van der Waals surface area contributed by atoms with E-state index >= 15 is 0 Å². The maximum atomic E-state index is 12.3. The summed E-state index contributed by atoms with van der Waals surface area (Å²) < 4.78 is 5.64. The van der Waals surface area contributed by atoms with Crippen LogP contribution in [0.2, 0.25) is 0 Å². The summed E-state index contributed by atoms with van der Waals surface area (Å²) in [5.74, 6) is 0.603. The molecule has 246 valence electrons. The van der Waals surface area contributed by atoms with Gasteiger partial charge in [-0.15, -0.1) is 0 Å². The molecule has 2 heterocycles. The number of benzene rings is 3. The van der Waals surface area contributed by atoms with E-state index < -0.39 is 0 Å². The van der Waals surface area contributed by atoms with Crippen LogP contribution in [-0.4, -0.2) is 85.4 Å². The van der Waals surface area contributed by atoms with Gasteiger partial charge in [-0.05, 0) is 88.0 Å². The summed E-state index contributed by atoms with van der Waals surface area (Å²) in [6, 6.07) is 25.7. The van der Waals surface area contributed by atoms with Gasteiger partial charge in [0.25, 0.3) is 5.91 Å². The normalized spacial score (nSPS) is 16.2. The van der Waals surface area contributed by atoms with Crippen molar-refractivity contribution in [2.24, 2.45) is 5.92 Å². The lowest BCUT2D eigenvalue weighted by Crippen LogP contribution is -2.38. The van der Waals surface area contributed by atoms with Crippen molar-refractivity contribution in [2.45, 2.75) is 58.6 Å². The number of carbonyl (C=O) groups excluding carboxylic acids is 3. The molecule has 2 aliphatic rings. The molecule has 0 aromatic heterocycles. The topological polar surface area (TPSA) is 82.2 Å². The lowest BCUT2D eigenvalue weighted by Gasteiger charge is -2.31. The molecule has 0 bridgehead atoms. The van der Waals surface area contributed by atoms with Gasteiger partial charge in [-0.1, -0.05) is 67.6 Å². The fraction of sp³-hybridized carbons (Fsp3) is 0.447. The van der Waals surface area contributed by atoms with E-state index in [0.717, 1.165) is 87.3 Å². The number of likely N-dealkylation sites (tertiary alicyclic amines) is 2. The molecule has 2 amide bonds. The number of anilines is 1. The molecule has 1 N–H and O–H groups in total. The Bertz CT molecular complexity index is 1390. The van der Waals surface area contributed by atoms with Gasteiger partial charge in [0.2, 0.25) is 0 Å². The number of nitrogens with one attached hydrogen (secondary N) is 1. The van der Waals surface area contributed by atoms with Crippen molar-refractivity contribution >= 4 is 23.5 Å². The number of nitrogens with zero attached hydrogens (tertiary/aromatic N) is 3. The Morgan fingerprint density at radius 3 is 2.02 bits per heavy atom. The first-order chi connectivity index (χ1) is 22.2. The molecule has 0 saturated carbocycles. The third-order valence-corrected chi connectivity index (χ3v) is 8.77. The zero-order valence-electron chi connectivity index (χ0n) is 27.9. The monoisotopic (exact) mass is 626 g/mol. The Morgan fingerprint density at radius 1 is 0.804 bits per heavy atom. The number of ketones is 1. The Kier molecular flexibility index (Phi) is 13.4. The average Bonchev–Trinajstić information content (AvgIpc) is 3.07. The van der Waals surface area contributed by atoms with Crippen LogP contribution in [-0.2, 0) is 16.1 Å². The minimum absolute atomic E-state index is 0.0111. The largest absolute Gasteiger partial charge is 0.446 e. The summed E-state index contributed by atoms with van der Waals surface area (Å²) >= 11 is 0. The Morgan fingerprint density at radius 2 is 1.41 bits per heavy atom. The first-order valence-corrected chi connectivity index (χ1v) is 16.6. The molecular weight excluding hydrogens is 576 g/mol. The maximum absolute atomic E-state index is 12.3. The number of para-hydroxylation sites is 1. The van der Waals surface area contributed by atoms with Crippen LogP contribution >= 0.6 is 0 Å². The molecule has 2 aliphatic heterocycles. The molecule has 8 heteroatoms. The standard InChI is InChI=1S/C21H26N2O2.C17H24N2O2/c1-2-14-23-15-12-18(13-16-23)25-21(24)22-20-11-7-6-10-19(20)17-8-4-3-5-9-17;1-13(20)15-8-10-19(11-9-15)12-14-4-6-16(7-5-14)17(21)18(2)3/h3-11,18H,2,12-16H2,1H3,(H,22,24);4-7,15H,8-12H2,1-3H3. The Hall–Kier alpha value is -4.01. The van der Waals surface area contributed by atoms with Crippen LogP contribution in [0, 0.1) is 5.92 Å². The lowest BCUT2D eigenvalue weighted by molar-refractivity contribution is -0.122. The van der Waals surface area contributed by atoms with E-state index in [9.17, 15) is 14.4 Å². The molecule has 46 heavy (non-hydrogen) atoms. The third-order valence-electron chi connectivity index (χ3n) is 8.77. The van der Waals surface area contributed by atoms with Gasteiger partial charge in [-0.3, -0.25) is 19.8 Å². The van der Waals surface area contributed by atoms with Crippen molar-refractivity contribution in [2.75, 3.05) is 52.1 Å². The van der Waals surface area contributed by atoms with Gasteiger partial charge < -0.3 is 14.5 Å². The highest BCUT2D eigenvalue weighted by molar-refractivity contribution is 5.94. The van der Waals surface area contributed by atoms with Crippen molar-refractivity contribution in [1.29, 1.82) is 0 Å². The van der Waals surface area contributed by atoms with E-state index in [1.165, 1.54) is 12.0 Å². The van der Waals surface area contributed by atoms with Crippen LogP contribution in [0.1, 0.15) is 61.9 Å². The van der Waals surface area contributed by atoms with Crippen LogP contribution in [0.15, 0.2) is 78.9 Å². The third kappa shape index (κ3) is 10.5. The van der Waals surface area contributed by atoms with Crippen LogP contribution in [0.25, 0.3) is 11.1 Å². The SMILES string of the molecule is CC(=O)C1CCN(Cc2ccc(C(=O)N(C)C)cc2)CC1.CCCN1CCC(OC(=O)Nc2ccccc2-c2ccccc2)CC1. The van der Waals surface area contributed by atoms with Gasteiger partial charge in [0.15, 0.2) is 0 Å². The highest BCUT2D eigenvalue weighted by Crippen LogP contribution is 2.28. The van der Waals surface area contributed by atoms with Crippen LogP contribution in [0.3, 0.4) is 0 Å². The molecule has 0 atom stereocenters. The molecule has 2 fully saturated rings. The first kappa shape index (κ1) is 34.9. The molecule has 8 nitrogen and oxygen atoms in total. The van der Waals surface area contributed by atoms with E-state index in [2.05, 4.69) is 22.0 Å². The number of hydrogen-bond acceptors (Lipinski definition) is 6. The summed E-state index contributed by atoms with van der Waals surface area (Å²) in [7, 11) is 3.52. The molecule has 3 aromatic rings. The molecule has 0 radical (unpaired) electrons. The van der Waals surface area contributed by atoms with E-state index in [0.29, 0.717) is 5.78 Å². The predicted molar refractivity (Wildman–Crippen MR) is 185 cm³/mol. The van der Waals surface area contributed by atoms with Gasteiger partial charge in [0, 0.05) is 50.8 Å². The fourth-order valence-corrected chi connectivity index (χ4v) is 6.09. The smallest absolute Gasteiger partial charge is 0.411 e. The molecule has 0 spiro atoms. The predicted octanol–water partition coefficient (Wildman–Crippen LogP) is 6.97. The summed E-state index contributed by atoms with van der Waals surface area (Å²) in [4.78, 5) is 41.9. The number of amides is 2. The lowest BCUT2D eigenvalue weighted by atomic mass is 9.93. The van der Waals surface area contributed by atoms with Crippen molar-refractivity contribution in [3.63, 3.8) is 0 Å². The van der Waals surface area contributed by atoms with Gasteiger partial charge in [0.1, 0.15) is 11.9 Å². The Labute approximate surface area is 274 Å². The van der Waals surface area contributed by atoms with Crippen molar-refractivity contribution in [3.8, 4) is 11.1 Å². The number of rotatable bonds is 9. The highest BCUT2D eigenvalue weighted by atomic mass is 16.6. The van der Waals surface area contributed by atoms with Crippen LogP contribution in [0.4, 0.5) is 10.5 Å². The molecule has 2 saturated heterocycles. The zero-order chi connectivity index (χ0) is 32.9. The second-order valence-electron chi connectivity index (χ2n) is 12.5. The van der Waals surface area contributed by atoms with Gasteiger partial charge >= 0.3 is 6.09 Å². The first-order valence-electron chi connectivity index (χ1n) is 16.6. The van der Waals surface area contributed by atoms with Crippen LogP contribution < -0.4 is 5.32 Å². The molecule has 5 rings (SSSR count). The molecule has 0 aliphatic carbocycles. The van der Waals surface area contributed by atoms with Crippen LogP contribution in [0.5, 0.6) is 0 Å². The Balaban J connectivity index is 0.000000212. The average molecular weight is 627 g/mol. The second kappa shape index (κ2) is 17.6. The van der Waals surface area contributed by atoms with E-state index in [1.807, 2.05) is 78.9 Å². The fourth-order valence-electron chi connectivity index (χ4n) is 6.09. The quantitative estimate of drug-likeness (QED) is 0.276. The van der Waals surface area contributed by atoms with Gasteiger partial charge in [-0.25, -0.2) is 4.79 Å². The van der Waals surface area contributed by atoms with E-state index in [4.69, 9.17) is 4.74 Å². The number of piperidine rings is 2. The number of ether oxygens (including phenoxy) is 1. The number of hydrogen-bond donors (Lipinski definition) is 1. The summed E-state index contributed by atoms with van der Waals surface area (Å²) in [6.07, 6.45) is 4.57. The van der Waals surface area contributed by atoms with Crippen molar-refractivity contribution in [3.05, 3.63) is 90.0 Å². The van der Waals surface area contributed by atoms with E-state index in [1.54, 1.807) is 25.9 Å². The van der Waals surface area contributed by atoms with Gasteiger partial charge in [-0.2, -0.15) is 0 Å². The van der Waals surface area contributed by atoms with Crippen molar-refractivity contribution < 1.29 is 19.1 Å². The summed E-state index contributed by atoms with van der Waals surface area (Å²) in [5, 5.41) is 2.92. The van der Waals surface area contributed by atoms with E-state index in [-0.39, 0.29) is 24.0 Å².